The standard InChI is InChI=1S/C25H30ClN3O3/c1-17(2)16-32-21-10-6-9-19(13-21)27-15-24(30)28-20-11-12-23(26)22(14-20)25(31)29-18-7-4-3-5-8-18/h6,9-14,18,27H,1,3-5,7-8,15-16H2,2H3,(H,28,30)(H,29,31). The van der Waals surface area contributed by atoms with Gasteiger partial charge in [0.05, 0.1) is 17.1 Å². The zero-order valence-corrected chi connectivity index (χ0v) is 19.1. The molecule has 170 valence electrons. The van der Waals surface area contributed by atoms with Crippen molar-refractivity contribution in [2.45, 2.75) is 45.1 Å². The van der Waals surface area contributed by atoms with Crippen molar-refractivity contribution < 1.29 is 14.3 Å². The van der Waals surface area contributed by atoms with E-state index in [1.165, 1.54) is 6.42 Å². The summed E-state index contributed by atoms with van der Waals surface area (Å²) < 4.78 is 5.62. The van der Waals surface area contributed by atoms with E-state index in [0.29, 0.717) is 28.6 Å². The molecule has 3 rings (SSSR count). The van der Waals surface area contributed by atoms with Gasteiger partial charge in [-0.05, 0) is 55.7 Å². The third kappa shape index (κ3) is 7.31. The Labute approximate surface area is 194 Å². The SMILES string of the molecule is C=C(C)COc1cccc(NCC(=O)Nc2ccc(Cl)c(C(=O)NC3CCCCC3)c2)c1. The van der Waals surface area contributed by atoms with Crippen LogP contribution in [0.2, 0.25) is 5.02 Å². The fourth-order valence-electron chi connectivity index (χ4n) is 3.58. The zero-order valence-electron chi connectivity index (χ0n) is 18.4. The number of hydrogen-bond acceptors (Lipinski definition) is 4. The van der Waals surface area contributed by atoms with E-state index in [2.05, 4.69) is 22.5 Å². The molecule has 2 amide bonds. The van der Waals surface area contributed by atoms with Gasteiger partial charge in [-0.1, -0.05) is 43.5 Å². The Hall–Kier alpha value is -2.99. The Morgan fingerprint density at radius 2 is 1.88 bits per heavy atom. The number of carbonyl (C=O) groups is 2. The van der Waals surface area contributed by atoms with Crippen molar-refractivity contribution in [1.82, 2.24) is 5.32 Å². The summed E-state index contributed by atoms with van der Waals surface area (Å²) in [6.07, 6.45) is 5.46. The molecule has 32 heavy (non-hydrogen) atoms. The molecule has 0 aliphatic heterocycles. The Balaban J connectivity index is 1.54. The highest BCUT2D eigenvalue weighted by atomic mass is 35.5. The second-order valence-electron chi connectivity index (χ2n) is 8.18. The maximum Gasteiger partial charge on any atom is 0.253 e. The highest BCUT2D eigenvalue weighted by Gasteiger charge is 2.19. The average Bonchev–Trinajstić information content (AvgIpc) is 2.78. The molecule has 6 nitrogen and oxygen atoms in total. The molecular formula is C25H30ClN3O3. The number of amides is 2. The molecule has 2 aromatic carbocycles. The number of nitrogens with one attached hydrogen (secondary N) is 3. The van der Waals surface area contributed by atoms with Crippen LogP contribution in [0.25, 0.3) is 0 Å². The molecular weight excluding hydrogens is 426 g/mol. The molecule has 0 bridgehead atoms. The van der Waals surface area contributed by atoms with Crippen molar-refractivity contribution in [3.63, 3.8) is 0 Å². The van der Waals surface area contributed by atoms with Gasteiger partial charge in [0.25, 0.3) is 5.91 Å². The van der Waals surface area contributed by atoms with E-state index in [-0.39, 0.29) is 24.4 Å². The van der Waals surface area contributed by atoms with E-state index < -0.39 is 0 Å². The van der Waals surface area contributed by atoms with Gasteiger partial charge in [0.1, 0.15) is 12.4 Å². The summed E-state index contributed by atoms with van der Waals surface area (Å²) in [6.45, 7) is 6.22. The first kappa shape index (κ1) is 23.7. The Morgan fingerprint density at radius 1 is 1.09 bits per heavy atom. The normalized spacial score (nSPS) is 13.8. The number of ether oxygens (including phenoxy) is 1. The Kier molecular flexibility index (Phi) is 8.56. The molecule has 0 saturated heterocycles. The first-order chi connectivity index (χ1) is 15.4. The van der Waals surface area contributed by atoms with Crippen molar-refractivity contribution in [2.24, 2.45) is 0 Å². The topological polar surface area (TPSA) is 79.5 Å². The lowest BCUT2D eigenvalue weighted by molar-refractivity contribution is -0.114. The predicted molar refractivity (Wildman–Crippen MR) is 130 cm³/mol. The lowest BCUT2D eigenvalue weighted by Crippen LogP contribution is -2.36. The van der Waals surface area contributed by atoms with E-state index in [0.717, 1.165) is 36.9 Å². The zero-order chi connectivity index (χ0) is 22.9. The molecule has 2 aromatic rings. The van der Waals surface area contributed by atoms with Gasteiger partial charge in [0.2, 0.25) is 5.91 Å². The molecule has 0 spiro atoms. The number of hydrogen-bond donors (Lipinski definition) is 3. The molecule has 0 unspecified atom stereocenters. The van der Waals surface area contributed by atoms with Gasteiger partial charge < -0.3 is 20.7 Å². The maximum atomic E-state index is 12.7. The molecule has 1 fully saturated rings. The summed E-state index contributed by atoms with van der Waals surface area (Å²) in [7, 11) is 0. The number of benzene rings is 2. The van der Waals surface area contributed by atoms with Crippen LogP contribution in [0.1, 0.15) is 49.4 Å². The van der Waals surface area contributed by atoms with Gasteiger partial charge >= 0.3 is 0 Å². The minimum Gasteiger partial charge on any atom is -0.489 e. The fraction of sp³-hybridized carbons (Fsp3) is 0.360. The van der Waals surface area contributed by atoms with Gasteiger partial charge in [0, 0.05) is 23.5 Å². The molecule has 1 saturated carbocycles. The largest absolute Gasteiger partial charge is 0.489 e. The molecule has 1 aliphatic rings. The van der Waals surface area contributed by atoms with E-state index in [4.69, 9.17) is 16.3 Å². The summed E-state index contributed by atoms with van der Waals surface area (Å²) in [5, 5.41) is 9.31. The van der Waals surface area contributed by atoms with Crippen molar-refractivity contribution in [3.05, 3.63) is 65.2 Å². The molecule has 0 heterocycles. The average molecular weight is 456 g/mol. The smallest absolute Gasteiger partial charge is 0.253 e. The summed E-state index contributed by atoms with van der Waals surface area (Å²) in [6, 6.07) is 12.5. The van der Waals surface area contributed by atoms with E-state index in [1.807, 2.05) is 31.2 Å². The summed E-state index contributed by atoms with van der Waals surface area (Å²) in [5.74, 6) is 0.256. The van der Waals surface area contributed by atoms with Crippen LogP contribution in [0.3, 0.4) is 0 Å². The predicted octanol–water partition coefficient (Wildman–Crippen LogP) is 5.41. The van der Waals surface area contributed by atoms with Crippen LogP contribution in [0, 0.1) is 0 Å². The van der Waals surface area contributed by atoms with Crippen molar-refractivity contribution in [2.75, 3.05) is 23.8 Å². The first-order valence-electron chi connectivity index (χ1n) is 10.9. The minimum absolute atomic E-state index is 0.0656. The molecule has 0 atom stereocenters. The van der Waals surface area contributed by atoms with E-state index in [1.54, 1.807) is 18.2 Å². The van der Waals surface area contributed by atoms with Crippen molar-refractivity contribution in [1.29, 1.82) is 0 Å². The summed E-state index contributed by atoms with van der Waals surface area (Å²) >= 11 is 6.24. The summed E-state index contributed by atoms with van der Waals surface area (Å²) in [5.41, 5.74) is 2.58. The molecule has 3 N–H and O–H groups in total. The number of rotatable bonds is 9. The molecule has 0 radical (unpaired) electrons. The Morgan fingerprint density at radius 3 is 2.62 bits per heavy atom. The number of halogens is 1. The maximum absolute atomic E-state index is 12.7. The van der Waals surface area contributed by atoms with Gasteiger partial charge in [-0.25, -0.2) is 0 Å². The van der Waals surface area contributed by atoms with Gasteiger partial charge in [0.15, 0.2) is 0 Å². The second kappa shape index (κ2) is 11.6. The molecule has 1 aliphatic carbocycles. The third-order valence-electron chi connectivity index (χ3n) is 5.21. The molecule has 7 heteroatoms. The first-order valence-corrected chi connectivity index (χ1v) is 11.3. The summed E-state index contributed by atoms with van der Waals surface area (Å²) in [4.78, 5) is 25.1. The fourth-order valence-corrected chi connectivity index (χ4v) is 3.78. The minimum atomic E-state index is -0.237. The highest BCUT2D eigenvalue weighted by Crippen LogP contribution is 2.23. The van der Waals surface area contributed by atoms with Gasteiger partial charge in [-0.2, -0.15) is 0 Å². The van der Waals surface area contributed by atoms with Crippen molar-refractivity contribution >= 4 is 34.8 Å². The van der Waals surface area contributed by atoms with Crippen LogP contribution in [0.4, 0.5) is 11.4 Å². The quantitative estimate of drug-likeness (QED) is 0.442. The van der Waals surface area contributed by atoms with Crippen molar-refractivity contribution in [3.8, 4) is 5.75 Å². The second-order valence-corrected chi connectivity index (χ2v) is 8.59. The lowest BCUT2D eigenvalue weighted by atomic mass is 9.95. The van der Waals surface area contributed by atoms with Gasteiger partial charge in [-0.3, -0.25) is 9.59 Å². The number of carbonyl (C=O) groups excluding carboxylic acids is 2. The van der Waals surface area contributed by atoms with E-state index >= 15 is 0 Å². The van der Waals surface area contributed by atoms with Crippen LogP contribution >= 0.6 is 11.6 Å². The van der Waals surface area contributed by atoms with Crippen LogP contribution in [-0.4, -0.2) is 31.0 Å². The number of anilines is 2. The molecule has 0 aromatic heterocycles. The van der Waals surface area contributed by atoms with Crippen LogP contribution in [0.15, 0.2) is 54.6 Å². The highest BCUT2D eigenvalue weighted by molar-refractivity contribution is 6.34. The van der Waals surface area contributed by atoms with E-state index in [9.17, 15) is 9.59 Å². The Bertz CT molecular complexity index is 971. The monoisotopic (exact) mass is 455 g/mol. The third-order valence-corrected chi connectivity index (χ3v) is 5.54. The van der Waals surface area contributed by atoms with Crippen LogP contribution in [-0.2, 0) is 4.79 Å². The van der Waals surface area contributed by atoms with Crippen LogP contribution < -0.4 is 20.7 Å². The van der Waals surface area contributed by atoms with Crippen LogP contribution in [0.5, 0.6) is 5.75 Å². The van der Waals surface area contributed by atoms with Gasteiger partial charge in [-0.15, -0.1) is 0 Å². The lowest BCUT2D eigenvalue weighted by Gasteiger charge is -2.23.